The number of benzene rings is 6. The molecule has 1 atom stereocenters. The van der Waals surface area contributed by atoms with Crippen LogP contribution in [-0.2, 0) is 23.4 Å². The minimum atomic E-state index is -1.24. The molecule has 9 rings (SSSR count). The summed E-state index contributed by atoms with van der Waals surface area (Å²) in [5.41, 5.74) is 12.4. The van der Waals surface area contributed by atoms with E-state index in [1.807, 2.05) is 18.2 Å². The van der Waals surface area contributed by atoms with E-state index in [9.17, 15) is 4.79 Å². The Labute approximate surface area is 360 Å². The summed E-state index contributed by atoms with van der Waals surface area (Å²) in [4.78, 5) is 16.9. The first-order chi connectivity index (χ1) is 30.0. The molecule has 0 bridgehead atoms. The Morgan fingerprint density at radius 2 is 1.05 bits per heavy atom. The van der Waals surface area contributed by atoms with Crippen LogP contribution in [0.5, 0.6) is 0 Å². The minimum absolute atomic E-state index is 0.318. The second kappa shape index (κ2) is 17.2. The highest BCUT2D eigenvalue weighted by Gasteiger charge is 2.47. The highest BCUT2D eigenvalue weighted by atomic mass is 16.6. The van der Waals surface area contributed by atoms with E-state index in [-0.39, 0.29) is 5.97 Å². The zero-order valence-electron chi connectivity index (χ0n) is 35.9. The summed E-state index contributed by atoms with van der Waals surface area (Å²) in [6.07, 6.45) is 6.86. The molecule has 5 heteroatoms. The third kappa shape index (κ3) is 6.96. The summed E-state index contributed by atoms with van der Waals surface area (Å²) >= 11 is 0. The molecule has 0 spiro atoms. The van der Waals surface area contributed by atoms with Gasteiger partial charge in [-0.3, -0.25) is 0 Å². The van der Waals surface area contributed by atoms with Gasteiger partial charge >= 0.3 is 5.97 Å². The third-order valence-electron chi connectivity index (χ3n) is 12.6. The summed E-state index contributed by atoms with van der Waals surface area (Å²) in [6.45, 7) is 12.5. The molecule has 0 fully saturated rings. The minimum Gasteiger partial charge on any atom is -0.441 e. The van der Waals surface area contributed by atoms with Crippen molar-refractivity contribution in [2.24, 2.45) is 0 Å². The van der Waals surface area contributed by atoms with Gasteiger partial charge in [0, 0.05) is 75.9 Å². The number of carbonyl (C=O) groups is 1. The van der Waals surface area contributed by atoms with Crippen LogP contribution in [0.4, 0.5) is 5.69 Å². The van der Waals surface area contributed by atoms with Gasteiger partial charge in [-0.2, -0.15) is 0 Å². The van der Waals surface area contributed by atoms with Crippen molar-refractivity contribution in [1.82, 2.24) is 9.13 Å². The van der Waals surface area contributed by atoms with E-state index in [0.717, 1.165) is 124 Å². The molecule has 0 amide bonds. The lowest BCUT2D eigenvalue weighted by atomic mass is 9.80. The predicted octanol–water partition coefficient (Wildman–Crippen LogP) is 13.9. The number of anilines is 1. The number of para-hydroxylation sites is 2. The Kier molecular flexibility index (Phi) is 11.2. The summed E-state index contributed by atoms with van der Waals surface area (Å²) in [5.74, 6) is -0.318. The number of aromatic nitrogens is 2. The van der Waals surface area contributed by atoms with Gasteiger partial charge in [-0.25, -0.2) is 4.79 Å². The van der Waals surface area contributed by atoms with Crippen LogP contribution in [-0.4, -0.2) is 28.2 Å². The molecule has 5 nitrogen and oxygen atoms in total. The number of nitrogens with zero attached hydrogens (tertiary/aromatic N) is 3. The predicted molar refractivity (Wildman–Crippen MR) is 254 cm³/mol. The molecule has 1 aliphatic rings. The molecule has 0 saturated heterocycles. The number of esters is 1. The average molecular weight is 802 g/mol. The molecule has 1 unspecified atom stereocenters. The summed E-state index contributed by atoms with van der Waals surface area (Å²) in [5, 5.41) is 2.29. The number of ether oxygens (including phenoxy) is 1. The average Bonchev–Trinajstić information content (AvgIpc) is 3.94. The fourth-order valence-electron chi connectivity index (χ4n) is 9.71. The molecule has 6 aromatic carbocycles. The fraction of sp³-hybridized carbons (Fsp3) is 0.232. The van der Waals surface area contributed by atoms with E-state index in [1.165, 1.54) is 5.69 Å². The number of carbonyl (C=O) groups excluding carboxylic acids is 1. The Morgan fingerprint density at radius 1 is 0.574 bits per heavy atom. The van der Waals surface area contributed by atoms with Gasteiger partial charge in [-0.05, 0) is 79.8 Å². The molecule has 2 aromatic heterocycles. The van der Waals surface area contributed by atoms with Crippen LogP contribution in [0.25, 0.3) is 49.9 Å². The standard InChI is InChI=1S/C56H55N3O2/c1-5-9-37-57(38-10-6-2)43-35-33-42(34-36-43)56(48-30-20-17-27-44(48)55(60)61-56)39-47(51-45-28-18-21-31-49(45)58(7-3)53(51)40-23-13-11-14-24-40)52-46-29-19-22-32-50(46)59(8-4)54(52)41-25-15-12-16-26-41/h11-36,39H,5-10,37-38H2,1-4H3. The smallest absolute Gasteiger partial charge is 0.340 e. The first kappa shape index (κ1) is 39.8. The fourth-order valence-corrected chi connectivity index (χ4v) is 9.71. The summed E-state index contributed by atoms with van der Waals surface area (Å²) < 4.78 is 11.8. The Morgan fingerprint density at radius 3 is 1.56 bits per heavy atom. The van der Waals surface area contributed by atoms with E-state index >= 15 is 0 Å². The molecule has 8 aromatic rings. The number of fused-ring (bicyclic) bond motifs is 3. The molecule has 3 heterocycles. The summed E-state index contributed by atoms with van der Waals surface area (Å²) in [6, 6.07) is 55.9. The highest BCUT2D eigenvalue weighted by molar-refractivity contribution is 6.12. The van der Waals surface area contributed by atoms with Gasteiger partial charge in [0.2, 0.25) is 0 Å². The number of rotatable bonds is 15. The molecule has 0 N–H and O–H groups in total. The van der Waals surface area contributed by atoms with E-state index in [2.05, 4.69) is 187 Å². The Balaban J connectivity index is 1.44. The van der Waals surface area contributed by atoms with Gasteiger partial charge in [-0.15, -0.1) is 0 Å². The van der Waals surface area contributed by atoms with Gasteiger partial charge in [-0.1, -0.05) is 154 Å². The Hall–Kier alpha value is -6.59. The van der Waals surface area contributed by atoms with Crippen molar-refractivity contribution in [3.8, 4) is 22.5 Å². The number of aryl methyl sites for hydroxylation is 2. The second-order valence-corrected chi connectivity index (χ2v) is 16.2. The van der Waals surface area contributed by atoms with Crippen molar-refractivity contribution in [2.45, 2.75) is 72.1 Å². The van der Waals surface area contributed by atoms with E-state index < -0.39 is 5.60 Å². The van der Waals surface area contributed by atoms with E-state index in [4.69, 9.17) is 4.74 Å². The van der Waals surface area contributed by atoms with E-state index in [1.54, 1.807) is 0 Å². The van der Waals surface area contributed by atoms with Crippen LogP contribution < -0.4 is 4.90 Å². The zero-order chi connectivity index (χ0) is 41.9. The van der Waals surface area contributed by atoms with Crippen molar-refractivity contribution >= 4 is 39.0 Å². The highest BCUT2D eigenvalue weighted by Crippen LogP contribution is 2.51. The van der Waals surface area contributed by atoms with Crippen molar-refractivity contribution in [1.29, 1.82) is 0 Å². The third-order valence-corrected chi connectivity index (χ3v) is 12.6. The normalized spacial score (nSPS) is 14.7. The lowest BCUT2D eigenvalue weighted by Gasteiger charge is -2.30. The number of cyclic esters (lactones) is 1. The summed E-state index contributed by atoms with van der Waals surface area (Å²) in [7, 11) is 0. The zero-order valence-corrected chi connectivity index (χ0v) is 35.9. The largest absolute Gasteiger partial charge is 0.441 e. The number of hydrogen-bond acceptors (Lipinski definition) is 3. The van der Waals surface area contributed by atoms with Gasteiger partial charge in [0.1, 0.15) is 0 Å². The number of unbranched alkanes of at least 4 members (excludes halogenated alkanes) is 2. The van der Waals surface area contributed by atoms with Gasteiger partial charge in [0.15, 0.2) is 5.60 Å². The van der Waals surface area contributed by atoms with Crippen molar-refractivity contribution in [3.63, 3.8) is 0 Å². The van der Waals surface area contributed by atoms with Crippen molar-refractivity contribution in [2.75, 3.05) is 18.0 Å². The van der Waals surface area contributed by atoms with Crippen LogP contribution in [0, 0.1) is 0 Å². The second-order valence-electron chi connectivity index (χ2n) is 16.2. The molecule has 0 radical (unpaired) electrons. The van der Waals surface area contributed by atoms with Gasteiger partial charge in [0.25, 0.3) is 0 Å². The maximum atomic E-state index is 14.4. The van der Waals surface area contributed by atoms with Crippen LogP contribution in [0.1, 0.15) is 86.0 Å². The quantitative estimate of drug-likeness (QED) is 0.0970. The van der Waals surface area contributed by atoms with E-state index in [0.29, 0.717) is 5.56 Å². The van der Waals surface area contributed by atoms with Crippen LogP contribution in [0.2, 0.25) is 0 Å². The van der Waals surface area contributed by atoms with Crippen LogP contribution >= 0.6 is 0 Å². The van der Waals surface area contributed by atoms with Crippen molar-refractivity contribution in [3.05, 3.63) is 192 Å². The maximum absolute atomic E-state index is 14.4. The maximum Gasteiger partial charge on any atom is 0.340 e. The van der Waals surface area contributed by atoms with Crippen LogP contribution in [0.15, 0.2) is 164 Å². The van der Waals surface area contributed by atoms with Crippen molar-refractivity contribution < 1.29 is 9.53 Å². The first-order valence-electron chi connectivity index (χ1n) is 22.3. The lowest BCUT2D eigenvalue weighted by molar-refractivity contribution is 0.0276. The molecular formula is C56H55N3O2. The topological polar surface area (TPSA) is 39.4 Å². The SMILES string of the molecule is CCCCN(CCCC)c1ccc(C2(C=C(c3c(-c4ccccc4)n(CC)c4ccccc34)c3c(-c4ccccc4)n(CC)c4ccccc34)OC(=O)c3ccccc32)cc1. The molecule has 0 saturated carbocycles. The lowest BCUT2D eigenvalue weighted by Crippen LogP contribution is -2.28. The molecule has 1 aliphatic heterocycles. The monoisotopic (exact) mass is 801 g/mol. The number of hydrogen-bond donors (Lipinski definition) is 0. The molecule has 306 valence electrons. The van der Waals surface area contributed by atoms with Crippen LogP contribution in [0.3, 0.4) is 0 Å². The molecule has 61 heavy (non-hydrogen) atoms. The first-order valence-corrected chi connectivity index (χ1v) is 22.3. The van der Waals surface area contributed by atoms with Gasteiger partial charge < -0.3 is 18.8 Å². The Bertz CT molecular complexity index is 2710. The molecular weight excluding hydrogens is 747 g/mol. The van der Waals surface area contributed by atoms with Gasteiger partial charge in [0.05, 0.1) is 17.0 Å². The molecule has 0 aliphatic carbocycles.